The van der Waals surface area contributed by atoms with E-state index in [2.05, 4.69) is 34.2 Å². The Bertz CT molecular complexity index is 1290. The van der Waals surface area contributed by atoms with Crippen molar-refractivity contribution in [3.05, 3.63) is 131 Å². The Morgan fingerprint density at radius 2 is 1.00 bits per heavy atom. The van der Waals surface area contributed by atoms with Gasteiger partial charge >= 0.3 is 6.16 Å². The molecule has 0 aliphatic carbocycles. The zero-order chi connectivity index (χ0) is 28.6. The fraction of sp³-hybridized carbons (Fsp3) is 0.343. The third kappa shape index (κ3) is 6.86. The predicted octanol–water partition coefficient (Wildman–Crippen LogP) is 7.30. The maximum Gasteiger partial charge on any atom is 0.510 e. The SMILES string of the molecule is O=C(OC(c1ccc(C2CCOCC2)cc1)c1ccccn1)OC(c1ccc(C2CCOCC2)cc1)c1ccccn1. The first-order valence-electron chi connectivity index (χ1n) is 14.8. The summed E-state index contributed by atoms with van der Waals surface area (Å²) in [6.45, 7) is 3.14. The zero-order valence-corrected chi connectivity index (χ0v) is 23.6. The van der Waals surface area contributed by atoms with Crippen molar-refractivity contribution in [1.82, 2.24) is 9.97 Å². The van der Waals surface area contributed by atoms with Gasteiger partial charge in [-0.1, -0.05) is 60.7 Å². The summed E-state index contributed by atoms with van der Waals surface area (Å²) in [5, 5.41) is 0. The molecule has 0 bridgehead atoms. The Morgan fingerprint density at radius 3 is 1.36 bits per heavy atom. The average molecular weight is 565 g/mol. The minimum absolute atomic E-state index is 0.476. The van der Waals surface area contributed by atoms with Gasteiger partial charge in [-0.2, -0.15) is 0 Å². The van der Waals surface area contributed by atoms with Gasteiger partial charge in [0.05, 0.1) is 11.4 Å². The van der Waals surface area contributed by atoms with Gasteiger partial charge in [0, 0.05) is 38.8 Å². The summed E-state index contributed by atoms with van der Waals surface area (Å²) >= 11 is 0. The first-order valence-corrected chi connectivity index (χ1v) is 14.8. The van der Waals surface area contributed by atoms with Gasteiger partial charge in [0.25, 0.3) is 0 Å². The van der Waals surface area contributed by atoms with Gasteiger partial charge in [-0.25, -0.2) is 4.79 Å². The molecule has 0 saturated carbocycles. The first kappa shape index (κ1) is 28.1. The molecule has 2 aliphatic heterocycles. The third-order valence-electron chi connectivity index (χ3n) is 8.20. The molecule has 2 saturated heterocycles. The van der Waals surface area contributed by atoms with Crippen molar-refractivity contribution in [2.45, 2.75) is 49.7 Å². The second kappa shape index (κ2) is 13.7. The highest BCUT2D eigenvalue weighted by Crippen LogP contribution is 2.33. The summed E-state index contributed by atoms with van der Waals surface area (Å²) in [7, 11) is 0. The van der Waals surface area contributed by atoms with Gasteiger partial charge in [-0.05, 0) is 84.0 Å². The van der Waals surface area contributed by atoms with Crippen molar-refractivity contribution in [3.63, 3.8) is 0 Å². The van der Waals surface area contributed by atoms with Gasteiger partial charge < -0.3 is 18.9 Å². The van der Waals surface area contributed by atoms with Crippen LogP contribution in [0.15, 0.2) is 97.3 Å². The van der Waals surface area contributed by atoms with Crippen molar-refractivity contribution in [2.75, 3.05) is 26.4 Å². The van der Waals surface area contributed by atoms with Gasteiger partial charge in [-0.3, -0.25) is 9.97 Å². The van der Waals surface area contributed by atoms with Crippen LogP contribution in [0.5, 0.6) is 0 Å². The summed E-state index contributed by atoms with van der Waals surface area (Å²) in [5.41, 5.74) is 5.45. The Labute approximate surface area is 246 Å². The molecule has 0 N–H and O–H groups in total. The monoisotopic (exact) mass is 564 g/mol. The standard InChI is InChI=1S/C35H36N2O5/c38-35(41-33(31-5-1-3-19-36-31)29-11-7-25(8-12-29)27-15-21-39-22-16-27)42-34(32-6-2-4-20-37-32)30-13-9-26(10-14-30)28-17-23-40-24-18-28/h1-14,19-20,27-28,33-34H,15-18,21-24H2. The van der Waals surface area contributed by atoms with Crippen LogP contribution in [0.1, 0.15) is 83.4 Å². The highest BCUT2D eigenvalue weighted by atomic mass is 16.7. The Hall–Kier alpha value is -4.07. The highest BCUT2D eigenvalue weighted by molar-refractivity contribution is 5.62. The van der Waals surface area contributed by atoms with Gasteiger partial charge in [0.2, 0.25) is 0 Å². The molecule has 2 aliphatic rings. The largest absolute Gasteiger partial charge is 0.510 e. The number of hydrogen-bond acceptors (Lipinski definition) is 7. The lowest BCUT2D eigenvalue weighted by Gasteiger charge is -2.24. The van der Waals surface area contributed by atoms with Crippen molar-refractivity contribution in [3.8, 4) is 0 Å². The first-order chi connectivity index (χ1) is 20.7. The van der Waals surface area contributed by atoms with Crippen LogP contribution in [0, 0.1) is 0 Å². The topological polar surface area (TPSA) is 79.8 Å². The van der Waals surface area contributed by atoms with Gasteiger partial charge in [0.1, 0.15) is 0 Å². The Balaban J connectivity index is 1.22. The molecule has 2 aromatic heterocycles. The summed E-state index contributed by atoms with van der Waals surface area (Å²) in [5.74, 6) is 0.952. The number of pyridine rings is 2. The lowest BCUT2D eigenvalue weighted by atomic mass is 9.90. The normalized spacial score (nSPS) is 17.7. The minimum Gasteiger partial charge on any atom is -0.419 e. The molecule has 0 amide bonds. The maximum atomic E-state index is 13.5. The molecule has 2 fully saturated rings. The second-order valence-electron chi connectivity index (χ2n) is 10.9. The van der Waals surface area contributed by atoms with Crippen molar-refractivity contribution in [2.24, 2.45) is 0 Å². The van der Waals surface area contributed by atoms with E-state index in [4.69, 9.17) is 18.9 Å². The van der Waals surface area contributed by atoms with Crippen LogP contribution in [0.4, 0.5) is 4.79 Å². The molecule has 6 rings (SSSR count). The lowest BCUT2D eigenvalue weighted by Crippen LogP contribution is -2.19. The molecule has 7 heteroatoms. The Kier molecular flexibility index (Phi) is 9.17. The van der Waals surface area contributed by atoms with E-state index < -0.39 is 18.4 Å². The van der Waals surface area contributed by atoms with E-state index in [0.29, 0.717) is 23.2 Å². The van der Waals surface area contributed by atoms with Crippen LogP contribution in [0.3, 0.4) is 0 Å². The van der Waals surface area contributed by atoms with E-state index in [1.807, 2.05) is 60.7 Å². The average Bonchev–Trinajstić information content (AvgIpc) is 3.08. The van der Waals surface area contributed by atoms with Crippen LogP contribution >= 0.6 is 0 Å². The molecule has 0 radical (unpaired) electrons. The molecule has 42 heavy (non-hydrogen) atoms. The van der Waals surface area contributed by atoms with Crippen LogP contribution in [0.2, 0.25) is 0 Å². The quantitative estimate of drug-likeness (QED) is 0.208. The molecule has 2 unspecified atom stereocenters. The number of carbonyl (C=O) groups is 1. The molecule has 0 spiro atoms. The van der Waals surface area contributed by atoms with Crippen molar-refractivity contribution >= 4 is 6.16 Å². The van der Waals surface area contributed by atoms with E-state index in [-0.39, 0.29) is 0 Å². The lowest BCUT2D eigenvalue weighted by molar-refractivity contribution is 0.0147. The second-order valence-corrected chi connectivity index (χ2v) is 10.9. The molecular formula is C35H36N2O5. The molecular weight excluding hydrogens is 528 g/mol. The smallest absolute Gasteiger partial charge is 0.419 e. The molecule has 4 aromatic rings. The number of rotatable bonds is 8. The summed E-state index contributed by atoms with van der Waals surface area (Å²) < 4.78 is 23.1. The zero-order valence-electron chi connectivity index (χ0n) is 23.6. The van der Waals surface area contributed by atoms with Crippen LogP contribution in [0.25, 0.3) is 0 Å². The number of nitrogens with zero attached hydrogens (tertiary/aromatic N) is 2. The Morgan fingerprint density at radius 1 is 0.595 bits per heavy atom. The summed E-state index contributed by atoms with van der Waals surface area (Å²) in [6, 6.07) is 27.7. The molecule has 7 nitrogen and oxygen atoms in total. The van der Waals surface area contributed by atoms with E-state index in [1.54, 1.807) is 12.4 Å². The molecule has 4 heterocycles. The number of carbonyl (C=O) groups excluding carboxylic acids is 1. The van der Waals surface area contributed by atoms with Gasteiger partial charge in [-0.15, -0.1) is 0 Å². The fourth-order valence-electron chi connectivity index (χ4n) is 5.83. The van der Waals surface area contributed by atoms with Crippen LogP contribution in [-0.4, -0.2) is 42.6 Å². The molecule has 216 valence electrons. The maximum absolute atomic E-state index is 13.5. The number of benzene rings is 2. The van der Waals surface area contributed by atoms with E-state index in [9.17, 15) is 4.79 Å². The highest BCUT2D eigenvalue weighted by Gasteiger charge is 2.27. The predicted molar refractivity (Wildman–Crippen MR) is 158 cm³/mol. The summed E-state index contributed by atoms with van der Waals surface area (Å²) in [4.78, 5) is 22.5. The van der Waals surface area contributed by atoms with Crippen molar-refractivity contribution < 1.29 is 23.7 Å². The number of hydrogen-bond donors (Lipinski definition) is 0. The minimum atomic E-state index is -0.789. The van der Waals surface area contributed by atoms with Crippen LogP contribution < -0.4 is 0 Å². The summed E-state index contributed by atoms with van der Waals surface area (Å²) in [6.07, 6.45) is 5.21. The third-order valence-corrected chi connectivity index (χ3v) is 8.20. The van der Waals surface area contributed by atoms with Gasteiger partial charge in [0.15, 0.2) is 12.2 Å². The van der Waals surface area contributed by atoms with Crippen LogP contribution in [-0.2, 0) is 18.9 Å². The fourth-order valence-corrected chi connectivity index (χ4v) is 5.83. The number of aromatic nitrogens is 2. The molecule has 2 aromatic carbocycles. The van der Waals surface area contributed by atoms with Crippen molar-refractivity contribution in [1.29, 1.82) is 0 Å². The molecule has 2 atom stereocenters. The van der Waals surface area contributed by atoms with E-state index in [1.165, 1.54) is 11.1 Å². The number of ether oxygens (including phenoxy) is 4. The van der Waals surface area contributed by atoms with E-state index in [0.717, 1.165) is 63.2 Å². The van der Waals surface area contributed by atoms with E-state index >= 15 is 0 Å².